The van der Waals surface area contributed by atoms with Gasteiger partial charge >= 0.3 is 0 Å². The molecule has 1 atom stereocenters. The number of benzene rings is 2. The number of hydrogen-bond acceptors (Lipinski definition) is 2. The summed E-state index contributed by atoms with van der Waals surface area (Å²) in [4.78, 5) is 26.7. The number of likely N-dealkylation sites (tertiary alicyclic amines) is 1. The minimum Gasteiger partial charge on any atom is -0.338 e. The van der Waals surface area contributed by atoms with Gasteiger partial charge in [-0.2, -0.15) is 0 Å². The van der Waals surface area contributed by atoms with Gasteiger partial charge < -0.3 is 10.2 Å². The molecule has 0 bridgehead atoms. The molecule has 0 saturated carbocycles. The van der Waals surface area contributed by atoms with Crippen LogP contribution >= 0.6 is 11.6 Å². The van der Waals surface area contributed by atoms with Crippen molar-refractivity contribution >= 4 is 29.1 Å². The van der Waals surface area contributed by atoms with E-state index in [-0.39, 0.29) is 29.8 Å². The van der Waals surface area contributed by atoms with Gasteiger partial charge in [0.1, 0.15) is 5.82 Å². The third-order valence-corrected chi connectivity index (χ3v) is 5.03. The Morgan fingerprint density at radius 1 is 1.23 bits per heavy atom. The molecule has 6 heteroatoms. The van der Waals surface area contributed by atoms with E-state index in [2.05, 4.69) is 5.32 Å². The van der Waals surface area contributed by atoms with Crippen molar-refractivity contribution in [1.29, 1.82) is 0 Å². The van der Waals surface area contributed by atoms with Crippen molar-refractivity contribution in [2.24, 2.45) is 5.92 Å². The first-order valence-electron chi connectivity index (χ1n) is 8.56. The van der Waals surface area contributed by atoms with Gasteiger partial charge in [0.25, 0.3) is 5.91 Å². The first-order chi connectivity index (χ1) is 12.5. The fourth-order valence-corrected chi connectivity index (χ4v) is 3.28. The second kappa shape index (κ2) is 7.87. The van der Waals surface area contributed by atoms with Crippen molar-refractivity contribution in [1.82, 2.24) is 4.90 Å². The number of hydrogen-bond donors (Lipinski definition) is 1. The maximum Gasteiger partial charge on any atom is 0.256 e. The lowest BCUT2D eigenvalue weighted by atomic mass is 9.96. The minimum absolute atomic E-state index is 0.0406. The summed E-state index contributed by atoms with van der Waals surface area (Å²) in [6.07, 6.45) is 1.39. The molecule has 0 spiro atoms. The standard InChI is InChI=1S/C20H20ClFN2O2/c1-13-8-9-15(11-17(13)21)23-19(25)14-5-4-10-24(12-14)20(26)16-6-2-3-7-18(16)22/h2-3,6-9,11,14H,4-5,10,12H2,1H3,(H,23,25)/t14-/m1/s1. The Bertz CT molecular complexity index is 840. The zero-order valence-corrected chi connectivity index (χ0v) is 15.2. The van der Waals surface area contributed by atoms with Gasteiger partial charge in [-0.05, 0) is 49.6 Å². The fraction of sp³-hybridized carbons (Fsp3) is 0.300. The lowest BCUT2D eigenvalue weighted by Crippen LogP contribution is -2.44. The van der Waals surface area contributed by atoms with E-state index in [1.165, 1.54) is 12.1 Å². The second-order valence-electron chi connectivity index (χ2n) is 6.52. The summed E-state index contributed by atoms with van der Waals surface area (Å²) in [6, 6.07) is 11.3. The van der Waals surface area contributed by atoms with Gasteiger partial charge in [0.15, 0.2) is 0 Å². The molecule has 26 heavy (non-hydrogen) atoms. The van der Waals surface area contributed by atoms with Crippen LogP contribution in [-0.2, 0) is 4.79 Å². The Kier molecular flexibility index (Phi) is 5.57. The molecule has 2 aromatic carbocycles. The van der Waals surface area contributed by atoms with E-state index >= 15 is 0 Å². The van der Waals surface area contributed by atoms with Crippen molar-refractivity contribution in [2.75, 3.05) is 18.4 Å². The van der Waals surface area contributed by atoms with E-state index in [4.69, 9.17) is 11.6 Å². The number of nitrogens with one attached hydrogen (secondary N) is 1. The number of anilines is 1. The molecular formula is C20H20ClFN2O2. The number of piperidine rings is 1. The summed E-state index contributed by atoms with van der Waals surface area (Å²) in [5.74, 6) is -1.41. The van der Waals surface area contributed by atoms with E-state index in [1.807, 2.05) is 13.0 Å². The molecular weight excluding hydrogens is 355 g/mol. The maximum atomic E-state index is 13.9. The number of carbonyl (C=O) groups is 2. The highest BCUT2D eigenvalue weighted by atomic mass is 35.5. The summed E-state index contributed by atoms with van der Waals surface area (Å²) >= 11 is 6.09. The predicted octanol–water partition coefficient (Wildman–Crippen LogP) is 4.28. The van der Waals surface area contributed by atoms with Crippen molar-refractivity contribution in [3.8, 4) is 0 Å². The van der Waals surface area contributed by atoms with Gasteiger partial charge in [0.05, 0.1) is 11.5 Å². The maximum absolute atomic E-state index is 13.9. The van der Waals surface area contributed by atoms with E-state index in [1.54, 1.807) is 29.2 Å². The SMILES string of the molecule is Cc1ccc(NC(=O)[C@@H]2CCCN(C(=O)c3ccccc3F)C2)cc1Cl. The van der Waals surface area contributed by atoms with Crippen LogP contribution in [0.3, 0.4) is 0 Å². The number of halogens is 2. The van der Waals surface area contributed by atoms with E-state index < -0.39 is 5.82 Å². The molecule has 0 radical (unpaired) electrons. The monoisotopic (exact) mass is 374 g/mol. The van der Waals surface area contributed by atoms with Crippen LogP contribution in [0, 0.1) is 18.7 Å². The number of nitrogens with zero attached hydrogens (tertiary/aromatic N) is 1. The molecule has 1 fully saturated rings. The first kappa shape index (κ1) is 18.4. The summed E-state index contributed by atoms with van der Waals surface area (Å²) in [7, 11) is 0. The molecule has 2 aromatic rings. The molecule has 0 aliphatic carbocycles. The molecule has 0 aromatic heterocycles. The number of rotatable bonds is 3. The van der Waals surface area contributed by atoms with Crippen LogP contribution in [0.15, 0.2) is 42.5 Å². The third kappa shape index (κ3) is 4.05. The number of aryl methyl sites for hydroxylation is 1. The minimum atomic E-state index is -0.543. The van der Waals surface area contributed by atoms with Crippen molar-refractivity contribution in [3.05, 3.63) is 64.4 Å². The van der Waals surface area contributed by atoms with Crippen molar-refractivity contribution in [2.45, 2.75) is 19.8 Å². The van der Waals surface area contributed by atoms with Gasteiger partial charge in [-0.3, -0.25) is 9.59 Å². The summed E-state index contributed by atoms with van der Waals surface area (Å²) in [5.41, 5.74) is 1.60. The van der Waals surface area contributed by atoms with Crippen molar-refractivity contribution in [3.63, 3.8) is 0 Å². The highest BCUT2D eigenvalue weighted by Gasteiger charge is 2.29. The van der Waals surface area contributed by atoms with E-state index in [0.717, 1.165) is 5.56 Å². The molecule has 136 valence electrons. The summed E-state index contributed by atoms with van der Waals surface area (Å²) in [6.45, 7) is 2.69. The second-order valence-corrected chi connectivity index (χ2v) is 6.93. The van der Waals surface area contributed by atoms with Gasteiger partial charge in [-0.1, -0.05) is 29.8 Å². The molecule has 3 rings (SSSR count). The summed E-state index contributed by atoms with van der Waals surface area (Å²) in [5, 5.41) is 3.44. The highest BCUT2D eigenvalue weighted by molar-refractivity contribution is 6.31. The Morgan fingerprint density at radius 2 is 2.00 bits per heavy atom. The molecule has 1 N–H and O–H groups in total. The zero-order chi connectivity index (χ0) is 18.7. The predicted molar refractivity (Wildman–Crippen MR) is 99.8 cm³/mol. The third-order valence-electron chi connectivity index (χ3n) is 4.62. The molecule has 1 aliphatic heterocycles. The molecule has 1 aliphatic rings. The average molecular weight is 375 g/mol. The Labute approximate surface area is 157 Å². The lowest BCUT2D eigenvalue weighted by Gasteiger charge is -2.32. The van der Waals surface area contributed by atoms with Crippen LogP contribution in [-0.4, -0.2) is 29.8 Å². The van der Waals surface area contributed by atoms with Crippen LogP contribution in [0.1, 0.15) is 28.8 Å². The molecule has 0 unspecified atom stereocenters. The zero-order valence-electron chi connectivity index (χ0n) is 14.5. The fourth-order valence-electron chi connectivity index (χ4n) is 3.10. The molecule has 4 nitrogen and oxygen atoms in total. The highest BCUT2D eigenvalue weighted by Crippen LogP contribution is 2.23. The molecule has 1 saturated heterocycles. The topological polar surface area (TPSA) is 49.4 Å². The average Bonchev–Trinajstić information content (AvgIpc) is 2.64. The van der Waals surface area contributed by atoms with Crippen LogP contribution in [0.5, 0.6) is 0 Å². The van der Waals surface area contributed by atoms with Gasteiger partial charge in [0, 0.05) is 23.8 Å². The lowest BCUT2D eigenvalue weighted by molar-refractivity contribution is -0.121. The largest absolute Gasteiger partial charge is 0.338 e. The number of amides is 2. The van der Waals surface area contributed by atoms with E-state index in [9.17, 15) is 14.0 Å². The van der Waals surface area contributed by atoms with Crippen molar-refractivity contribution < 1.29 is 14.0 Å². The Morgan fingerprint density at radius 3 is 2.73 bits per heavy atom. The van der Waals surface area contributed by atoms with Crippen LogP contribution in [0.4, 0.5) is 10.1 Å². The smallest absolute Gasteiger partial charge is 0.256 e. The van der Waals surface area contributed by atoms with Gasteiger partial charge in [-0.15, -0.1) is 0 Å². The van der Waals surface area contributed by atoms with Crippen LogP contribution in [0.2, 0.25) is 5.02 Å². The Hall–Kier alpha value is -2.40. The van der Waals surface area contributed by atoms with Gasteiger partial charge in [-0.25, -0.2) is 4.39 Å². The van der Waals surface area contributed by atoms with Crippen LogP contribution < -0.4 is 5.32 Å². The van der Waals surface area contributed by atoms with Crippen LogP contribution in [0.25, 0.3) is 0 Å². The first-order valence-corrected chi connectivity index (χ1v) is 8.94. The van der Waals surface area contributed by atoms with Gasteiger partial charge in [0.2, 0.25) is 5.91 Å². The molecule has 2 amide bonds. The Balaban J connectivity index is 1.67. The summed E-state index contributed by atoms with van der Waals surface area (Å²) < 4.78 is 13.9. The number of carbonyl (C=O) groups excluding carboxylic acids is 2. The van der Waals surface area contributed by atoms with E-state index in [0.29, 0.717) is 30.1 Å². The molecule has 1 heterocycles. The normalized spacial score (nSPS) is 17.0. The quantitative estimate of drug-likeness (QED) is 0.871.